The van der Waals surface area contributed by atoms with Crippen LogP contribution in [0.2, 0.25) is 0 Å². The summed E-state index contributed by atoms with van der Waals surface area (Å²) in [5.41, 5.74) is 0.217. The molecule has 3 rings (SSSR count). The zero-order valence-electron chi connectivity index (χ0n) is 15.9. The van der Waals surface area contributed by atoms with Crippen LogP contribution in [0.4, 0.5) is 0 Å². The molecule has 7 heteroatoms. The molecule has 0 bridgehead atoms. The Kier molecular flexibility index (Phi) is 6.20. The van der Waals surface area contributed by atoms with E-state index in [1.807, 2.05) is 24.3 Å². The number of benzene rings is 1. The topological polar surface area (TPSA) is 104 Å². The number of hydrogen-bond donors (Lipinski definition) is 1. The molecule has 0 radical (unpaired) electrons. The maximum atomic E-state index is 13.0. The number of rotatable bonds is 7. The van der Waals surface area contributed by atoms with E-state index in [1.165, 1.54) is 6.92 Å². The first kappa shape index (κ1) is 20.2. The second-order valence-electron chi connectivity index (χ2n) is 7.38. The third-order valence-electron chi connectivity index (χ3n) is 5.30. The molecule has 1 N–H and O–H groups in total. The van der Waals surface area contributed by atoms with Crippen molar-refractivity contribution < 1.29 is 14.3 Å². The number of ether oxygens (including phenoxy) is 1. The molecular formula is C21H23N3O3S. The van der Waals surface area contributed by atoms with Gasteiger partial charge in [0.2, 0.25) is 0 Å². The van der Waals surface area contributed by atoms with Gasteiger partial charge in [-0.15, -0.1) is 11.3 Å². The number of carbonyl (C=O) groups is 2. The molecular weight excluding hydrogens is 374 g/mol. The second kappa shape index (κ2) is 8.61. The average molecular weight is 398 g/mol. The van der Waals surface area contributed by atoms with Crippen LogP contribution in [0.15, 0.2) is 24.3 Å². The van der Waals surface area contributed by atoms with Gasteiger partial charge < -0.3 is 10.1 Å². The molecule has 1 unspecified atom stereocenters. The number of ketones is 1. The summed E-state index contributed by atoms with van der Waals surface area (Å²) >= 11 is 1.59. The molecule has 0 saturated heterocycles. The van der Waals surface area contributed by atoms with Gasteiger partial charge in [-0.2, -0.15) is 5.26 Å². The highest BCUT2D eigenvalue weighted by Gasteiger charge is 2.42. The van der Waals surface area contributed by atoms with Crippen LogP contribution in [-0.4, -0.2) is 29.1 Å². The van der Waals surface area contributed by atoms with Crippen LogP contribution in [0.1, 0.15) is 44.0 Å². The van der Waals surface area contributed by atoms with Crippen molar-refractivity contribution in [2.45, 2.75) is 45.4 Å². The molecule has 6 nitrogen and oxygen atoms in total. The van der Waals surface area contributed by atoms with Crippen LogP contribution in [0.3, 0.4) is 0 Å². The zero-order chi connectivity index (χ0) is 20.1. The molecule has 1 aromatic carbocycles. The maximum Gasteiger partial charge on any atom is 0.312 e. The van der Waals surface area contributed by atoms with Gasteiger partial charge >= 0.3 is 5.97 Å². The Hall–Kier alpha value is -2.59. The summed E-state index contributed by atoms with van der Waals surface area (Å²) in [7, 11) is 0. The van der Waals surface area contributed by atoms with Gasteiger partial charge in [-0.3, -0.25) is 9.59 Å². The number of Topliss-reactive ketones (excluding diaryl/α,β-unsaturated/α-hetero) is 1. The first-order valence-corrected chi connectivity index (χ1v) is 10.3. The molecule has 1 heterocycles. The Morgan fingerprint density at radius 2 is 2.04 bits per heavy atom. The Morgan fingerprint density at radius 1 is 1.32 bits per heavy atom. The lowest BCUT2D eigenvalue weighted by atomic mass is 9.72. The Balaban J connectivity index is 1.75. The summed E-state index contributed by atoms with van der Waals surface area (Å²) in [5, 5.41) is 17.4. The van der Waals surface area contributed by atoms with Gasteiger partial charge in [-0.1, -0.05) is 31.4 Å². The van der Waals surface area contributed by atoms with Gasteiger partial charge in [0.15, 0.2) is 12.4 Å². The smallest absolute Gasteiger partial charge is 0.312 e. The van der Waals surface area contributed by atoms with E-state index in [4.69, 9.17) is 15.4 Å². The van der Waals surface area contributed by atoms with Crippen molar-refractivity contribution in [1.29, 1.82) is 10.7 Å². The van der Waals surface area contributed by atoms with E-state index in [0.29, 0.717) is 19.3 Å². The minimum Gasteiger partial charge on any atom is -0.457 e. The Labute approximate surface area is 168 Å². The summed E-state index contributed by atoms with van der Waals surface area (Å²) in [5.74, 6) is -2.09. The minimum atomic E-state index is -1.15. The van der Waals surface area contributed by atoms with E-state index in [-0.39, 0.29) is 11.7 Å². The highest BCUT2D eigenvalue weighted by atomic mass is 32.1. The summed E-state index contributed by atoms with van der Waals surface area (Å²) in [6.07, 6.45) is 4.88. The quantitative estimate of drug-likeness (QED) is 0.560. The molecule has 1 aliphatic carbocycles. The van der Waals surface area contributed by atoms with Crippen LogP contribution >= 0.6 is 11.3 Å². The molecule has 0 spiro atoms. The average Bonchev–Trinajstić information content (AvgIpc) is 3.09. The van der Waals surface area contributed by atoms with Crippen LogP contribution in [-0.2, 0) is 20.7 Å². The molecule has 146 valence electrons. The number of aromatic nitrogens is 1. The highest BCUT2D eigenvalue weighted by molar-refractivity contribution is 7.18. The predicted molar refractivity (Wildman–Crippen MR) is 107 cm³/mol. The summed E-state index contributed by atoms with van der Waals surface area (Å²) < 4.78 is 6.45. The molecule has 0 aliphatic heterocycles. The number of fused-ring (bicyclic) bond motifs is 1. The number of esters is 1. The second-order valence-corrected chi connectivity index (χ2v) is 8.50. The zero-order valence-corrected chi connectivity index (χ0v) is 16.7. The molecule has 2 aromatic rings. The van der Waals surface area contributed by atoms with E-state index in [2.05, 4.69) is 4.98 Å². The van der Waals surface area contributed by atoms with E-state index < -0.39 is 23.7 Å². The van der Waals surface area contributed by atoms with Crippen LogP contribution < -0.4 is 0 Å². The summed E-state index contributed by atoms with van der Waals surface area (Å²) in [6.45, 7) is 0.943. The first-order chi connectivity index (χ1) is 13.4. The molecule has 1 aromatic heterocycles. The highest BCUT2D eigenvalue weighted by Crippen LogP contribution is 2.41. The third-order valence-corrected chi connectivity index (χ3v) is 6.34. The van der Waals surface area contributed by atoms with Crippen molar-refractivity contribution in [2.75, 3.05) is 6.61 Å². The number of nitrogens with one attached hydrogen (secondary N) is 1. The predicted octanol–water partition coefficient (Wildman–Crippen LogP) is 4.08. The van der Waals surface area contributed by atoms with Crippen molar-refractivity contribution in [3.63, 3.8) is 0 Å². The monoisotopic (exact) mass is 397 g/mol. The fourth-order valence-electron chi connectivity index (χ4n) is 3.75. The standard InChI is InChI=1S/C21H23N3O3S/c1-14(23)15(12-22)17(25)13-27-20(26)21(9-5-2-6-10-21)11-19-24-16-7-3-4-8-18(16)28-19/h3-4,7-8,15,23H,2,5-6,9-11,13H2,1H3. The van der Waals surface area contributed by atoms with E-state index in [9.17, 15) is 9.59 Å². The van der Waals surface area contributed by atoms with Crippen LogP contribution in [0.5, 0.6) is 0 Å². The van der Waals surface area contributed by atoms with Gasteiger partial charge in [0, 0.05) is 12.1 Å². The van der Waals surface area contributed by atoms with Gasteiger partial charge in [-0.05, 0) is 31.9 Å². The van der Waals surface area contributed by atoms with Crippen molar-refractivity contribution in [3.8, 4) is 6.07 Å². The fraction of sp³-hybridized carbons (Fsp3) is 0.476. The molecule has 28 heavy (non-hydrogen) atoms. The van der Waals surface area contributed by atoms with Crippen molar-refractivity contribution in [3.05, 3.63) is 29.3 Å². The van der Waals surface area contributed by atoms with Gasteiger partial charge in [0.25, 0.3) is 0 Å². The first-order valence-electron chi connectivity index (χ1n) is 9.44. The SMILES string of the molecule is CC(=N)C(C#N)C(=O)COC(=O)C1(Cc2nc3ccccc3s2)CCCCC1. The van der Waals surface area contributed by atoms with Crippen LogP contribution in [0.25, 0.3) is 10.2 Å². The lowest BCUT2D eigenvalue weighted by molar-refractivity contribution is -0.160. The van der Waals surface area contributed by atoms with Crippen molar-refractivity contribution in [2.24, 2.45) is 11.3 Å². The third kappa shape index (κ3) is 4.28. The summed E-state index contributed by atoms with van der Waals surface area (Å²) in [6, 6.07) is 9.68. The Morgan fingerprint density at radius 3 is 2.68 bits per heavy atom. The lowest BCUT2D eigenvalue weighted by Crippen LogP contribution is -2.38. The number of carbonyl (C=O) groups excluding carboxylic acids is 2. The van der Waals surface area contributed by atoms with E-state index >= 15 is 0 Å². The minimum absolute atomic E-state index is 0.0367. The number of nitrogens with zero attached hydrogens (tertiary/aromatic N) is 2. The fourth-order valence-corrected chi connectivity index (χ4v) is 4.86. The number of nitriles is 1. The molecule has 1 fully saturated rings. The van der Waals surface area contributed by atoms with Gasteiger partial charge in [-0.25, -0.2) is 4.98 Å². The molecule has 1 aliphatic rings. The van der Waals surface area contributed by atoms with Crippen molar-refractivity contribution in [1.82, 2.24) is 4.98 Å². The van der Waals surface area contributed by atoms with Gasteiger partial charge in [0.1, 0.15) is 5.92 Å². The Bertz CT molecular complexity index is 905. The number of para-hydroxylation sites is 1. The van der Waals surface area contributed by atoms with E-state index in [0.717, 1.165) is 34.5 Å². The maximum absolute atomic E-state index is 13.0. The van der Waals surface area contributed by atoms with Gasteiger partial charge in [0.05, 0.1) is 26.7 Å². The number of thiazole rings is 1. The number of hydrogen-bond acceptors (Lipinski definition) is 7. The molecule has 1 saturated carbocycles. The van der Waals surface area contributed by atoms with Crippen LogP contribution in [0, 0.1) is 28.1 Å². The summed E-state index contributed by atoms with van der Waals surface area (Å²) in [4.78, 5) is 29.8. The molecule has 0 amide bonds. The normalized spacial score (nSPS) is 16.9. The van der Waals surface area contributed by atoms with E-state index in [1.54, 1.807) is 17.4 Å². The van der Waals surface area contributed by atoms with Crippen molar-refractivity contribution >= 4 is 39.0 Å². The molecule has 1 atom stereocenters. The lowest BCUT2D eigenvalue weighted by Gasteiger charge is -2.34. The largest absolute Gasteiger partial charge is 0.457 e.